The molecule has 0 unspecified atom stereocenters. The van der Waals surface area contributed by atoms with E-state index in [1.54, 1.807) is 0 Å². The van der Waals surface area contributed by atoms with Crippen LogP contribution >= 0.6 is 0 Å². The molecule has 0 aliphatic heterocycles. The molecule has 0 spiro atoms. The number of carbonyl (C=O) groups excluding carboxylic acids is 1. The van der Waals surface area contributed by atoms with Crippen molar-refractivity contribution in [2.24, 2.45) is 11.7 Å². The van der Waals surface area contributed by atoms with Crippen LogP contribution in [0.2, 0.25) is 0 Å². The number of rotatable bonds is 8. The van der Waals surface area contributed by atoms with E-state index >= 15 is 0 Å². The van der Waals surface area contributed by atoms with Crippen molar-refractivity contribution in [3.63, 3.8) is 0 Å². The van der Waals surface area contributed by atoms with Gasteiger partial charge in [0.2, 0.25) is 5.91 Å². The van der Waals surface area contributed by atoms with Crippen molar-refractivity contribution in [3.05, 3.63) is 29.3 Å². The summed E-state index contributed by atoms with van der Waals surface area (Å²) in [6, 6.07) is 6.06. The molecule has 1 aromatic rings. The zero-order valence-corrected chi connectivity index (χ0v) is 12.0. The Balaban J connectivity index is 2.63. The lowest BCUT2D eigenvalue weighted by molar-refractivity contribution is -0.118. The summed E-state index contributed by atoms with van der Waals surface area (Å²) < 4.78 is 5.70. The zero-order valence-electron chi connectivity index (χ0n) is 12.0. The number of primary amides is 1. The van der Waals surface area contributed by atoms with Gasteiger partial charge in [0.1, 0.15) is 5.75 Å². The van der Waals surface area contributed by atoms with Gasteiger partial charge in [0.25, 0.3) is 0 Å². The Kier molecular flexibility index (Phi) is 6.36. The van der Waals surface area contributed by atoms with Crippen LogP contribution in [0.3, 0.4) is 0 Å². The predicted molar refractivity (Wildman–Crippen MR) is 77.0 cm³/mol. The highest BCUT2D eigenvalue weighted by Gasteiger charge is 2.07. The number of benzene rings is 1. The molecule has 0 aliphatic carbocycles. The van der Waals surface area contributed by atoms with Gasteiger partial charge in [-0.1, -0.05) is 32.0 Å². The minimum atomic E-state index is -0.340. The molecule has 0 atom stereocenters. The van der Waals surface area contributed by atoms with E-state index in [2.05, 4.69) is 19.2 Å². The van der Waals surface area contributed by atoms with E-state index in [4.69, 9.17) is 10.5 Å². The largest absolute Gasteiger partial charge is 0.492 e. The Morgan fingerprint density at radius 3 is 2.79 bits per heavy atom. The Morgan fingerprint density at radius 1 is 1.42 bits per heavy atom. The molecule has 4 nitrogen and oxygen atoms in total. The highest BCUT2D eigenvalue weighted by Crippen LogP contribution is 2.23. The maximum absolute atomic E-state index is 10.7. The van der Waals surface area contributed by atoms with E-state index in [0.29, 0.717) is 12.5 Å². The van der Waals surface area contributed by atoms with Crippen molar-refractivity contribution in [1.82, 2.24) is 5.32 Å². The topological polar surface area (TPSA) is 64.3 Å². The predicted octanol–water partition coefficient (Wildman–Crippen LogP) is 1.99. The van der Waals surface area contributed by atoms with Crippen LogP contribution in [0.25, 0.3) is 0 Å². The third-order valence-electron chi connectivity index (χ3n) is 2.76. The maximum atomic E-state index is 10.7. The fourth-order valence-electron chi connectivity index (χ4n) is 1.81. The van der Waals surface area contributed by atoms with Crippen molar-refractivity contribution >= 4 is 5.91 Å². The van der Waals surface area contributed by atoms with Gasteiger partial charge in [0.05, 0.1) is 13.0 Å². The third kappa shape index (κ3) is 5.75. The smallest absolute Gasteiger partial charge is 0.220 e. The second-order valence-corrected chi connectivity index (χ2v) is 5.15. The second kappa shape index (κ2) is 7.79. The number of hydrogen-bond acceptors (Lipinski definition) is 3. The zero-order chi connectivity index (χ0) is 14.3. The van der Waals surface area contributed by atoms with Gasteiger partial charge in [-0.3, -0.25) is 4.79 Å². The van der Waals surface area contributed by atoms with Gasteiger partial charge in [-0.15, -0.1) is 0 Å². The molecule has 0 saturated carbocycles. The average Bonchev–Trinajstić information content (AvgIpc) is 2.31. The first-order chi connectivity index (χ1) is 9.00. The van der Waals surface area contributed by atoms with Crippen molar-refractivity contribution in [2.45, 2.75) is 33.7 Å². The number of ether oxygens (including phenoxy) is 1. The van der Waals surface area contributed by atoms with Gasteiger partial charge in [0.15, 0.2) is 0 Å². The van der Waals surface area contributed by atoms with Gasteiger partial charge in [-0.25, -0.2) is 0 Å². The molecule has 106 valence electrons. The molecule has 3 N–H and O–H groups in total. The Hall–Kier alpha value is -1.55. The number of nitrogens with two attached hydrogens (primary N) is 1. The molecule has 4 heteroatoms. The molecule has 0 radical (unpaired) electrons. The first-order valence-electron chi connectivity index (χ1n) is 6.71. The molecule has 19 heavy (non-hydrogen) atoms. The Bertz CT molecular complexity index is 417. The van der Waals surface area contributed by atoms with Crippen LogP contribution in [-0.2, 0) is 11.3 Å². The molecule has 0 bridgehead atoms. The molecule has 0 fully saturated rings. The second-order valence-electron chi connectivity index (χ2n) is 5.15. The molecular formula is C15H24N2O2. The molecule has 1 amide bonds. The molecule has 0 heterocycles. The highest BCUT2D eigenvalue weighted by molar-refractivity contribution is 5.73. The first kappa shape index (κ1) is 15.5. The van der Waals surface area contributed by atoms with Crippen LogP contribution in [0.4, 0.5) is 0 Å². The van der Waals surface area contributed by atoms with Crippen LogP contribution in [0.5, 0.6) is 5.75 Å². The van der Waals surface area contributed by atoms with E-state index in [0.717, 1.165) is 30.0 Å². The minimum Gasteiger partial charge on any atom is -0.492 e. The lowest BCUT2D eigenvalue weighted by Crippen LogP contribution is -2.20. The van der Waals surface area contributed by atoms with E-state index in [1.165, 1.54) is 0 Å². The normalized spacial score (nSPS) is 10.7. The van der Waals surface area contributed by atoms with E-state index < -0.39 is 0 Å². The number of carbonyl (C=O) groups is 1. The lowest BCUT2D eigenvalue weighted by Gasteiger charge is -2.15. The molecule has 0 aromatic heterocycles. The first-order valence-corrected chi connectivity index (χ1v) is 6.71. The SMILES string of the molecule is Cc1cccc(CNCC(C)C)c1OCCC(N)=O. The van der Waals surface area contributed by atoms with Gasteiger partial charge in [0, 0.05) is 12.1 Å². The summed E-state index contributed by atoms with van der Waals surface area (Å²) in [6.07, 6.45) is 0.243. The number of nitrogens with one attached hydrogen (secondary N) is 1. The van der Waals surface area contributed by atoms with Crippen LogP contribution in [0.15, 0.2) is 18.2 Å². The summed E-state index contributed by atoms with van der Waals surface area (Å²) in [5.41, 5.74) is 7.31. The van der Waals surface area contributed by atoms with Crippen molar-refractivity contribution < 1.29 is 9.53 Å². The van der Waals surface area contributed by atoms with Crippen LogP contribution < -0.4 is 15.8 Å². The molecule has 0 aliphatic rings. The van der Waals surface area contributed by atoms with Gasteiger partial charge in [-0.05, 0) is 24.9 Å². The van der Waals surface area contributed by atoms with E-state index in [1.807, 2.05) is 25.1 Å². The number of para-hydroxylation sites is 1. The van der Waals surface area contributed by atoms with Crippen molar-refractivity contribution in [1.29, 1.82) is 0 Å². The summed E-state index contributed by atoms with van der Waals surface area (Å²) in [6.45, 7) is 8.42. The monoisotopic (exact) mass is 264 g/mol. The lowest BCUT2D eigenvalue weighted by atomic mass is 10.1. The number of aryl methyl sites for hydroxylation is 1. The molecule has 1 rings (SSSR count). The Morgan fingerprint density at radius 2 is 2.16 bits per heavy atom. The fourth-order valence-corrected chi connectivity index (χ4v) is 1.81. The summed E-state index contributed by atoms with van der Waals surface area (Å²) >= 11 is 0. The minimum absolute atomic E-state index is 0.243. The van der Waals surface area contributed by atoms with Crippen LogP contribution in [0.1, 0.15) is 31.4 Å². The maximum Gasteiger partial charge on any atom is 0.220 e. The van der Waals surface area contributed by atoms with Crippen molar-refractivity contribution in [2.75, 3.05) is 13.2 Å². The van der Waals surface area contributed by atoms with Gasteiger partial charge >= 0.3 is 0 Å². The van der Waals surface area contributed by atoms with E-state index in [9.17, 15) is 4.79 Å². The fraction of sp³-hybridized carbons (Fsp3) is 0.533. The number of hydrogen-bond donors (Lipinski definition) is 2. The molecular weight excluding hydrogens is 240 g/mol. The molecule has 0 saturated heterocycles. The van der Waals surface area contributed by atoms with Gasteiger partial charge < -0.3 is 15.8 Å². The summed E-state index contributed by atoms with van der Waals surface area (Å²) in [7, 11) is 0. The van der Waals surface area contributed by atoms with Gasteiger partial charge in [-0.2, -0.15) is 0 Å². The summed E-state index contributed by atoms with van der Waals surface area (Å²) in [5, 5.41) is 3.40. The highest BCUT2D eigenvalue weighted by atomic mass is 16.5. The quantitative estimate of drug-likeness (QED) is 0.754. The molecule has 1 aromatic carbocycles. The van der Waals surface area contributed by atoms with Crippen molar-refractivity contribution in [3.8, 4) is 5.75 Å². The van der Waals surface area contributed by atoms with E-state index in [-0.39, 0.29) is 12.3 Å². The van der Waals surface area contributed by atoms with Crippen LogP contribution in [0, 0.1) is 12.8 Å². The average molecular weight is 264 g/mol. The standard InChI is InChI=1S/C15H24N2O2/c1-11(2)9-17-10-13-6-4-5-12(3)15(13)19-8-7-14(16)18/h4-6,11,17H,7-10H2,1-3H3,(H2,16,18). The van der Waals surface area contributed by atoms with Crippen LogP contribution in [-0.4, -0.2) is 19.1 Å². The summed E-state index contributed by atoms with van der Waals surface area (Å²) in [4.78, 5) is 10.7. The third-order valence-corrected chi connectivity index (χ3v) is 2.76. The summed E-state index contributed by atoms with van der Waals surface area (Å²) in [5.74, 6) is 1.14. The number of amides is 1. The Labute approximate surface area is 115 Å².